The van der Waals surface area contributed by atoms with Crippen LogP contribution < -0.4 is 9.47 Å². The smallest absolute Gasteiger partial charge is 0.276 e. The standard InChI is InChI=1S/C21H23FN4O3/c1-13-10-18(28-4)19(29-5)11-15(13)12-25(3)21(27)20-14(2)26(24-23-20)17-8-6-16(22)7-9-17/h6-11H,12H2,1-5H3. The number of halogens is 1. The fourth-order valence-corrected chi connectivity index (χ4v) is 3.06. The van der Waals surface area contributed by atoms with Crippen molar-refractivity contribution >= 4 is 5.91 Å². The molecule has 0 N–H and O–H groups in total. The van der Waals surface area contributed by atoms with Crippen LogP contribution in [0.2, 0.25) is 0 Å². The van der Waals surface area contributed by atoms with Crippen LogP contribution in [0.3, 0.4) is 0 Å². The number of carbonyl (C=O) groups is 1. The Morgan fingerprint density at radius 1 is 1.10 bits per heavy atom. The van der Waals surface area contributed by atoms with Gasteiger partial charge in [-0.1, -0.05) is 5.21 Å². The molecule has 8 heteroatoms. The number of methoxy groups -OCH3 is 2. The highest BCUT2D eigenvalue weighted by Gasteiger charge is 2.22. The van der Waals surface area contributed by atoms with E-state index in [-0.39, 0.29) is 17.4 Å². The predicted octanol–water partition coefficient (Wildman–Crippen LogP) is 3.31. The highest BCUT2D eigenvalue weighted by atomic mass is 19.1. The van der Waals surface area contributed by atoms with E-state index in [1.807, 2.05) is 19.1 Å². The average Bonchev–Trinajstić information content (AvgIpc) is 3.10. The van der Waals surface area contributed by atoms with Gasteiger partial charge in [0.15, 0.2) is 17.2 Å². The van der Waals surface area contributed by atoms with E-state index in [0.717, 1.165) is 11.1 Å². The zero-order chi connectivity index (χ0) is 21.1. The lowest BCUT2D eigenvalue weighted by atomic mass is 10.1. The van der Waals surface area contributed by atoms with Crippen molar-refractivity contribution in [1.82, 2.24) is 19.9 Å². The lowest BCUT2D eigenvalue weighted by Crippen LogP contribution is -2.27. The van der Waals surface area contributed by atoms with E-state index >= 15 is 0 Å². The van der Waals surface area contributed by atoms with Gasteiger partial charge >= 0.3 is 0 Å². The van der Waals surface area contributed by atoms with Gasteiger partial charge in [0.1, 0.15) is 5.82 Å². The first-order valence-corrected chi connectivity index (χ1v) is 9.01. The summed E-state index contributed by atoms with van der Waals surface area (Å²) < 4.78 is 25.3. The lowest BCUT2D eigenvalue weighted by Gasteiger charge is -2.19. The molecular weight excluding hydrogens is 375 g/mol. The van der Waals surface area contributed by atoms with Gasteiger partial charge in [0.25, 0.3) is 5.91 Å². The number of hydrogen-bond acceptors (Lipinski definition) is 5. The first-order chi connectivity index (χ1) is 13.8. The fraction of sp³-hybridized carbons (Fsp3) is 0.286. The molecule has 0 saturated heterocycles. The van der Waals surface area contributed by atoms with Gasteiger partial charge in [-0.3, -0.25) is 4.79 Å². The van der Waals surface area contributed by atoms with Crippen molar-refractivity contribution in [1.29, 1.82) is 0 Å². The SMILES string of the molecule is COc1cc(C)c(CN(C)C(=O)c2nnn(-c3ccc(F)cc3)c2C)cc1OC. The minimum atomic E-state index is -0.340. The summed E-state index contributed by atoms with van der Waals surface area (Å²) in [6, 6.07) is 9.58. The zero-order valence-electron chi connectivity index (χ0n) is 17.1. The summed E-state index contributed by atoms with van der Waals surface area (Å²) in [4.78, 5) is 14.5. The summed E-state index contributed by atoms with van der Waals surface area (Å²) in [6.45, 7) is 4.08. The van der Waals surface area contributed by atoms with Crippen molar-refractivity contribution in [2.75, 3.05) is 21.3 Å². The number of nitrogens with zero attached hydrogens (tertiary/aromatic N) is 4. The number of carbonyl (C=O) groups excluding carboxylic acids is 1. The van der Waals surface area contributed by atoms with Crippen molar-refractivity contribution in [2.45, 2.75) is 20.4 Å². The minimum absolute atomic E-state index is 0.245. The van der Waals surface area contributed by atoms with Gasteiger partial charge in [-0.05, 0) is 61.4 Å². The Bertz CT molecular complexity index is 1030. The van der Waals surface area contributed by atoms with Gasteiger partial charge in [0.2, 0.25) is 0 Å². The normalized spacial score (nSPS) is 10.7. The topological polar surface area (TPSA) is 69.5 Å². The third kappa shape index (κ3) is 4.06. The van der Waals surface area contributed by atoms with E-state index in [4.69, 9.17) is 9.47 Å². The fourth-order valence-electron chi connectivity index (χ4n) is 3.06. The van der Waals surface area contributed by atoms with Gasteiger partial charge in [-0.15, -0.1) is 5.10 Å². The summed E-state index contributed by atoms with van der Waals surface area (Å²) in [5, 5.41) is 8.10. The second kappa shape index (κ2) is 8.30. The summed E-state index contributed by atoms with van der Waals surface area (Å²) in [5.41, 5.74) is 3.37. The second-order valence-electron chi connectivity index (χ2n) is 6.71. The quantitative estimate of drug-likeness (QED) is 0.637. The molecule has 3 aromatic rings. The Balaban J connectivity index is 1.83. The molecule has 2 aromatic carbocycles. The maximum absolute atomic E-state index is 13.2. The molecule has 1 amide bonds. The Kier molecular flexibility index (Phi) is 5.81. The number of hydrogen-bond donors (Lipinski definition) is 0. The molecule has 0 saturated carbocycles. The van der Waals surface area contributed by atoms with Crippen LogP contribution in [0.15, 0.2) is 36.4 Å². The molecule has 0 atom stereocenters. The third-order valence-electron chi connectivity index (χ3n) is 4.76. The van der Waals surface area contributed by atoms with Gasteiger partial charge < -0.3 is 14.4 Å². The summed E-state index contributed by atoms with van der Waals surface area (Å²) >= 11 is 0. The average molecular weight is 398 g/mol. The van der Waals surface area contributed by atoms with E-state index in [2.05, 4.69) is 10.3 Å². The highest BCUT2D eigenvalue weighted by Crippen LogP contribution is 2.31. The molecule has 0 aliphatic rings. The minimum Gasteiger partial charge on any atom is -0.493 e. The number of benzene rings is 2. The van der Waals surface area contributed by atoms with Crippen molar-refractivity contribution < 1.29 is 18.7 Å². The molecule has 1 heterocycles. The van der Waals surface area contributed by atoms with Crippen LogP contribution in [0.5, 0.6) is 11.5 Å². The van der Waals surface area contributed by atoms with Crippen molar-refractivity contribution in [3.8, 4) is 17.2 Å². The van der Waals surface area contributed by atoms with Crippen LogP contribution >= 0.6 is 0 Å². The van der Waals surface area contributed by atoms with Gasteiger partial charge in [0.05, 0.1) is 25.6 Å². The van der Waals surface area contributed by atoms with E-state index in [0.29, 0.717) is 29.4 Å². The van der Waals surface area contributed by atoms with Crippen molar-refractivity contribution in [3.63, 3.8) is 0 Å². The first kappa shape index (κ1) is 20.3. The molecule has 1 aromatic heterocycles. The Morgan fingerprint density at radius 2 is 1.72 bits per heavy atom. The molecule has 0 radical (unpaired) electrons. The molecule has 0 unspecified atom stereocenters. The summed E-state index contributed by atoms with van der Waals surface area (Å²) in [7, 11) is 4.86. The molecule has 0 aliphatic heterocycles. The van der Waals surface area contributed by atoms with Crippen molar-refractivity contribution in [2.24, 2.45) is 0 Å². The Morgan fingerprint density at radius 3 is 2.34 bits per heavy atom. The van der Waals surface area contributed by atoms with E-state index < -0.39 is 0 Å². The molecule has 0 fully saturated rings. The highest BCUT2D eigenvalue weighted by molar-refractivity contribution is 5.93. The maximum atomic E-state index is 13.2. The lowest BCUT2D eigenvalue weighted by molar-refractivity contribution is 0.0778. The van der Waals surface area contributed by atoms with Crippen LogP contribution in [-0.2, 0) is 6.54 Å². The number of aromatic nitrogens is 3. The molecular formula is C21H23FN4O3. The number of ether oxygens (including phenoxy) is 2. The van der Waals surface area contributed by atoms with Gasteiger partial charge in [-0.2, -0.15) is 0 Å². The molecule has 29 heavy (non-hydrogen) atoms. The second-order valence-corrected chi connectivity index (χ2v) is 6.71. The van der Waals surface area contributed by atoms with Gasteiger partial charge in [0, 0.05) is 13.6 Å². The van der Waals surface area contributed by atoms with Crippen LogP contribution in [0.25, 0.3) is 5.69 Å². The van der Waals surface area contributed by atoms with Crippen LogP contribution in [0, 0.1) is 19.7 Å². The molecule has 0 bridgehead atoms. The Hall–Kier alpha value is -3.42. The van der Waals surface area contributed by atoms with E-state index in [1.54, 1.807) is 45.2 Å². The van der Waals surface area contributed by atoms with Crippen molar-refractivity contribution in [3.05, 3.63) is 64.7 Å². The maximum Gasteiger partial charge on any atom is 0.276 e. The zero-order valence-corrected chi connectivity index (χ0v) is 17.1. The number of aryl methyl sites for hydroxylation is 1. The van der Waals surface area contributed by atoms with E-state index in [9.17, 15) is 9.18 Å². The molecule has 152 valence electrons. The summed E-state index contributed by atoms with van der Waals surface area (Å²) in [6.07, 6.45) is 0. The van der Waals surface area contributed by atoms with Crippen LogP contribution in [0.4, 0.5) is 4.39 Å². The van der Waals surface area contributed by atoms with E-state index in [1.165, 1.54) is 16.8 Å². The van der Waals surface area contributed by atoms with Crippen LogP contribution in [0.1, 0.15) is 27.3 Å². The largest absolute Gasteiger partial charge is 0.493 e. The monoisotopic (exact) mass is 398 g/mol. The molecule has 0 aliphatic carbocycles. The number of rotatable bonds is 6. The molecule has 7 nitrogen and oxygen atoms in total. The first-order valence-electron chi connectivity index (χ1n) is 9.01. The molecule has 3 rings (SSSR count). The summed E-state index contributed by atoms with van der Waals surface area (Å²) in [5.74, 6) is 0.645. The predicted molar refractivity (Wildman–Crippen MR) is 106 cm³/mol. The Labute approximate surface area is 168 Å². The van der Waals surface area contributed by atoms with Gasteiger partial charge in [-0.25, -0.2) is 9.07 Å². The third-order valence-corrected chi connectivity index (χ3v) is 4.76. The van der Waals surface area contributed by atoms with Crippen LogP contribution in [-0.4, -0.2) is 47.1 Å². The number of amides is 1. The molecule has 0 spiro atoms.